The van der Waals surface area contributed by atoms with Crippen molar-refractivity contribution in [1.82, 2.24) is 10.3 Å². The average molecular weight is 299 g/mol. The molecule has 1 aliphatic rings. The van der Waals surface area contributed by atoms with E-state index in [1.54, 1.807) is 18.3 Å². The lowest BCUT2D eigenvalue weighted by Gasteiger charge is -2.28. The Labute approximate surface area is 109 Å². The number of nitrogens with one attached hydrogen (secondary N) is 1. The highest BCUT2D eigenvalue weighted by atomic mass is 79.9. The summed E-state index contributed by atoms with van der Waals surface area (Å²) in [6.45, 7) is 0. The molecule has 1 aromatic rings. The number of aliphatic hydroxyl groups is 1. The molecular weight excluding hydrogens is 284 g/mol. The molecule has 2 rings (SSSR count). The van der Waals surface area contributed by atoms with Gasteiger partial charge in [-0.1, -0.05) is 12.8 Å². The van der Waals surface area contributed by atoms with E-state index in [2.05, 4.69) is 26.2 Å². The lowest BCUT2D eigenvalue weighted by Crippen LogP contribution is -2.45. The van der Waals surface area contributed by atoms with Crippen LogP contribution in [0.1, 0.15) is 36.2 Å². The normalized spacial score (nSPS) is 24.4. The molecule has 1 heterocycles. The highest BCUT2D eigenvalue weighted by Gasteiger charge is 2.25. The van der Waals surface area contributed by atoms with Crippen molar-refractivity contribution in [2.75, 3.05) is 0 Å². The monoisotopic (exact) mass is 298 g/mol. The number of carbonyl (C=O) groups excluding carboxylic acids is 1. The number of aliphatic hydroxyl groups excluding tert-OH is 1. The minimum atomic E-state index is -0.428. The number of pyridine rings is 1. The highest BCUT2D eigenvalue weighted by molar-refractivity contribution is 9.10. The lowest BCUT2D eigenvalue weighted by molar-refractivity contribution is 0.0714. The van der Waals surface area contributed by atoms with E-state index in [9.17, 15) is 9.90 Å². The van der Waals surface area contributed by atoms with Crippen LogP contribution in [0.2, 0.25) is 0 Å². The van der Waals surface area contributed by atoms with Crippen molar-refractivity contribution < 1.29 is 9.90 Å². The van der Waals surface area contributed by atoms with E-state index in [0.717, 1.165) is 30.2 Å². The van der Waals surface area contributed by atoms with Gasteiger partial charge in [0.2, 0.25) is 0 Å². The molecule has 4 nitrogen and oxygen atoms in total. The average Bonchev–Trinajstić information content (AvgIpc) is 2.33. The molecule has 1 aromatic heterocycles. The Kier molecular flexibility index (Phi) is 4.12. The summed E-state index contributed by atoms with van der Waals surface area (Å²) in [4.78, 5) is 15.9. The second kappa shape index (κ2) is 5.60. The van der Waals surface area contributed by atoms with Crippen molar-refractivity contribution in [1.29, 1.82) is 0 Å². The minimum Gasteiger partial charge on any atom is -0.391 e. The second-order valence-corrected chi connectivity index (χ2v) is 5.21. The van der Waals surface area contributed by atoms with E-state index in [0.29, 0.717) is 5.69 Å². The van der Waals surface area contributed by atoms with Crippen LogP contribution < -0.4 is 5.32 Å². The van der Waals surface area contributed by atoms with Crippen LogP contribution in [0.25, 0.3) is 0 Å². The molecule has 0 aromatic carbocycles. The summed E-state index contributed by atoms with van der Waals surface area (Å²) < 4.78 is 0.840. The van der Waals surface area contributed by atoms with Gasteiger partial charge in [-0.2, -0.15) is 0 Å². The first-order valence-corrected chi connectivity index (χ1v) is 6.56. The van der Waals surface area contributed by atoms with E-state index >= 15 is 0 Å². The predicted octanol–water partition coefficient (Wildman–Crippen LogP) is 1.88. The van der Waals surface area contributed by atoms with E-state index in [1.165, 1.54) is 0 Å². The maximum atomic E-state index is 11.9. The molecule has 0 bridgehead atoms. The largest absolute Gasteiger partial charge is 0.391 e. The standard InChI is InChI=1S/C12H15BrN2O2/c13-8-5-6-10(14-7-8)12(17)15-9-3-1-2-4-11(9)16/h5-7,9,11,16H,1-4H2,(H,15,17). The van der Waals surface area contributed by atoms with Gasteiger partial charge in [-0.25, -0.2) is 4.98 Å². The van der Waals surface area contributed by atoms with E-state index in [4.69, 9.17) is 0 Å². The zero-order valence-electron chi connectivity index (χ0n) is 9.40. The third kappa shape index (κ3) is 3.26. The molecule has 1 fully saturated rings. The van der Waals surface area contributed by atoms with Gasteiger partial charge < -0.3 is 10.4 Å². The first-order valence-electron chi connectivity index (χ1n) is 5.77. The topological polar surface area (TPSA) is 62.2 Å². The van der Waals surface area contributed by atoms with Gasteiger partial charge in [0.05, 0.1) is 12.1 Å². The van der Waals surface area contributed by atoms with Crippen molar-refractivity contribution in [3.05, 3.63) is 28.5 Å². The van der Waals surface area contributed by atoms with E-state index < -0.39 is 6.10 Å². The summed E-state index contributed by atoms with van der Waals surface area (Å²) in [5.41, 5.74) is 0.381. The number of aromatic nitrogens is 1. The maximum Gasteiger partial charge on any atom is 0.270 e. The quantitative estimate of drug-likeness (QED) is 0.876. The summed E-state index contributed by atoms with van der Waals surface area (Å²) in [5, 5.41) is 12.6. The molecule has 17 heavy (non-hydrogen) atoms. The first kappa shape index (κ1) is 12.5. The van der Waals surface area contributed by atoms with Crippen molar-refractivity contribution in [2.45, 2.75) is 37.8 Å². The molecule has 2 N–H and O–H groups in total. The van der Waals surface area contributed by atoms with Gasteiger partial charge in [0.1, 0.15) is 5.69 Å². The van der Waals surface area contributed by atoms with E-state index in [1.807, 2.05) is 0 Å². The number of halogens is 1. The molecule has 0 radical (unpaired) electrons. The Bertz CT molecular complexity index is 394. The highest BCUT2D eigenvalue weighted by Crippen LogP contribution is 2.18. The molecule has 0 spiro atoms. The molecule has 1 amide bonds. The van der Waals surface area contributed by atoms with Crippen LogP contribution in [0, 0.1) is 0 Å². The third-order valence-corrected chi connectivity index (χ3v) is 3.48. The Morgan fingerprint density at radius 2 is 2.18 bits per heavy atom. The maximum absolute atomic E-state index is 11.9. The van der Waals surface area contributed by atoms with Crippen molar-refractivity contribution >= 4 is 21.8 Å². The summed E-state index contributed by atoms with van der Waals surface area (Å²) in [6.07, 6.45) is 4.84. The van der Waals surface area contributed by atoms with Crippen LogP contribution in [0.3, 0.4) is 0 Å². The number of amides is 1. The zero-order chi connectivity index (χ0) is 12.3. The molecule has 5 heteroatoms. The molecule has 1 saturated carbocycles. The molecule has 1 aliphatic carbocycles. The smallest absolute Gasteiger partial charge is 0.270 e. The Hall–Kier alpha value is -0.940. The molecule has 0 aliphatic heterocycles. The van der Waals surface area contributed by atoms with Gasteiger partial charge in [-0.15, -0.1) is 0 Å². The molecule has 92 valence electrons. The molecule has 2 atom stereocenters. The van der Waals surface area contributed by atoms with Crippen LogP contribution in [-0.2, 0) is 0 Å². The van der Waals surface area contributed by atoms with Gasteiger partial charge in [0.25, 0.3) is 5.91 Å². The van der Waals surface area contributed by atoms with Gasteiger partial charge >= 0.3 is 0 Å². The van der Waals surface area contributed by atoms with Crippen LogP contribution in [-0.4, -0.2) is 28.1 Å². The summed E-state index contributed by atoms with van der Waals surface area (Å²) in [5.74, 6) is -0.219. The van der Waals surface area contributed by atoms with Gasteiger partial charge in [-0.3, -0.25) is 4.79 Å². The number of nitrogens with zero attached hydrogens (tertiary/aromatic N) is 1. The van der Waals surface area contributed by atoms with Crippen LogP contribution >= 0.6 is 15.9 Å². The number of rotatable bonds is 2. The van der Waals surface area contributed by atoms with Crippen molar-refractivity contribution in [3.63, 3.8) is 0 Å². The van der Waals surface area contributed by atoms with Crippen molar-refractivity contribution in [2.24, 2.45) is 0 Å². The summed E-state index contributed by atoms with van der Waals surface area (Å²) >= 11 is 3.27. The fourth-order valence-corrected chi connectivity index (χ4v) is 2.27. The molecular formula is C12H15BrN2O2. The summed E-state index contributed by atoms with van der Waals surface area (Å²) in [7, 11) is 0. The lowest BCUT2D eigenvalue weighted by atomic mass is 9.92. The summed E-state index contributed by atoms with van der Waals surface area (Å²) in [6, 6.07) is 3.30. The Morgan fingerprint density at radius 3 is 2.82 bits per heavy atom. The van der Waals surface area contributed by atoms with Crippen LogP contribution in [0.4, 0.5) is 0 Å². The van der Waals surface area contributed by atoms with Gasteiger partial charge in [0, 0.05) is 10.7 Å². The zero-order valence-corrected chi connectivity index (χ0v) is 11.0. The molecule has 0 saturated heterocycles. The van der Waals surface area contributed by atoms with Crippen LogP contribution in [0.15, 0.2) is 22.8 Å². The fourth-order valence-electron chi connectivity index (χ4n) is 2.03. The number of hydrogen-bond donors (Lipinski definition) is 2. The number of carbonyl (C=O) groups is 1. The third-order valence-electron chi connectivity index (χ3n) is 3.01. The van der Waals surface area contributed by atoms with Gasteiger partial charge in [0.15, 0.2) is 0 Å². The molecule has 2 unspecified atom stereocenters. The second-order valence-electron chi connectivity index (χ2n) is 4.29. The SMILES string of the molecule is O=C(NC1CCCCC1O)c1ccc(Br)cn1. The number of hydrogen-bond acceptors (Lipinski definition) is 3. The van der Waals surface area contributed by atoms with E-state index in [-0.39, 0.29) is 11.9 Å². The van der Waals surface area contributed by atoms with Crippen molar-refractivity contribution in [3.8, 4) is 0 Å². The van der Waals surface area contributed by atoms with Gasteiger partial charge in [-0.05, 0) is 40.9 Å². The fraction of sp³-hybridized carbons (Fsp3) is 0.500. The first-order chi connectivity index (χ1) is 8.16. The van der Waals surface area contributed by atoms with Crippen LogP contribution in [0.5, 0.6) is 0 Å². The minimum absolute atomic E-state index is 0.137. The Morgan fingerprint density at radius 1 is 1.41 bits per heavy atom. The Balaban J connectivity index is 1.98. The predicted molar refractivity (Wildman–Crippen MR) is 67.7 cm³/mol.